The van der Waals surface area contributed by atoms with Crippen LogP contribution in [0.2, 0.25) is 0 Å². The molecule has 0 spiro atoms. The number of hydrogen-bond donors (Lipinski definition) is 2. The fourth-order valence-corrected chi connectivity index (χ4v) is 1.87. The minimum atomic E-state index is -1.20. The molecule has 23 heavy (non-hydrogen) atoms. The van der Waals surface area contributed by atoms with Crippen LogP contribution in [0.25, 0.3) is 0 Å². The molecule has 0 fully saturated rings. The van der Waals surface area contributed by atoms with Crippen molar-refractivity contribution in [3.63, 3.8) is 0 Å². The molecule has 7 nitrogen and oxygen atoms in total. The molecule has 0 aromatic rings. The van der Waals surface area contributed by atoms with Crippen LogP contribution in [0.4, 0.5) is 0 Å². The topological polar surface area (TPSA) is 102 Å². The molecule has 0 rings (SSSR count). The second-order valence-electron chi connectivity index (χ2n) is 6.85. The molecular weight excluding hydrogens is 302 g/mol. The number of aliphatic hydroxyl groups excluding tert-OH is 1. The molecular formula is C16H29NO6. The summed E-state index contributed by atoms with van der Waals surface area (Å²) in [5.41, 5.74) is -0.617. The van der Waals surface area contributed by atoms with E-state index in [1.165, 1.54) is 7.11 Å². The third-order valence-corrected chi connectivity index (χ3v) is 2.86. The number of carbonyl (C=O) groups is 3. The maximum absolute atomic E-state index is 11.9. The highest BCUT2D eigenvalue weighted by Crippen LogP contribution is 2.11. The summed E-state index contributed by atoms with van der Waals surface area (Å²) >= 11 is 0. The fraction of sp³-hybridized carbons (Fsp3) is 0.812. The van der Waals surface area contributed by atoms with Gasteiger partial charge in [0.05, 0.1) is 7.11 Å². The Labute approximate surface area is 137 Å². The second kappa shape index (κ2) is 9.50. The smallest absolute Gasteiger partial charge is 0.328 e. The molecule has 0 saturated heterocycles. The van der Waals surface area contributed by atoms with Crippen molar-refractivity contribution in [1.82, 2.24) is 5.32 Å². The van der Waals surface area contributed by atoms with Gasteiger partial charge in [-0.2, -0.15) is 0 Å². The Bertz CT molecular complexity index is 413. The molecule has 2 atom stereocenters. The van der Waals surface area contributed by atoms with Gasteiger partial charge in [-0.3, -0.25) is 9.59 Å². The number of methoxy groups -OCH3 is 1. The summed E-state index contributed by atoms with van der Waals surface area (Å²) < 4.78 is 9.77. The Morgan fingerprint density at radius 1 is 1.17 bits per heavy atom. The SMILES string of the molecule is COC(=O)[C@@H](CCC(=O)OC(C)(C)C)NC(=O)[C@H](O)CC(C)C. The van der Waals surface area contributed by atoms with Crippen LogP contribution in [0.1, 0.15) is 53.9 Å². The van der Waals surface area contributed by atoms with E-state index in [2.05, 4.69) is 10.1 Å². The van der Waals surface area contributed by atoms with Gasteiger partial charge in [0, 0.05) is 6.42 Å². The van der Waals surface area contributed by atoms with Gasteiger partial charge in [0.15, 0.2) is 0 Å². The molecule has 0 aliphatic rings. The predicted molar refractivity (Wildman–Crippen MR) is 84.5 cm³/mol. The lowest BCUT2D eigenvalue weighted by molar-refractivity contribution is -0.155. The summed E-state index contributed by atoms with van der Waals surface area (Å²) in [5.74, 6) is -1.66. The van der Waals surface area contributed by atoms with Gasteiger partial charge in [-0.25, -0.2) is 4.79 Å². The van der Waals surface area contributed by atoms with Gasteiger partial charge in [0.1, 0.15) is 17.7 Å². The van der Waals surface area contributed by atoms with Crippen LogP contribution in [-0.2, 0) is 23.9 Å². The Balaban J connectivity index is 4.62. The molecule has 134 valence electrons. The minimum absolute atomic E-state index is 0.0434. The summed E-state index contributed by atoms with van der Waals surface area (Å²) in [5, 5.41) is 12.2. The lowest BCUT2D eigenvalue weighted by Gasteiger charge is -2.21. The maximum Gasteiger partial charge on any atom is 0.328 e. The van der Waals surface area contributed by atoms with Crippen molar-refractivity contribution in [2.75, 3.05) is 7.11 Å². The lowest BCUT2D eigenvalue weighted by atomic mass is 10.0. The number of amides is 1. The number of rotatable bonds is 8. The number of ether oxygens (including phenoxy) is 2. The number of carbonyl (C=O) groups excluding carboxylic acids is 3. The number of nitrogens with one attached hydrogen (secondary N) is 1. The Morgan fingerprint density at radius 3 is 2.17 bits per heavy atom. The van der Waals surface area contributed by atoms with Gasteiger partial charge in [-0.1, -0.05) is 13.8 Å². The van der Waals surface area contributed by atoms with Gasteiger partial charge in [-0.05, 0) is 39.5 Å². The van der Waals surface area contributed by atoms with E-state index in [9.17, 15) is 19.5 Å². The van der Waals surface area contributed by atoms with E-state index in [1.54, 1.807) is 20.8 Å². The van der Waals surface area contributed by atoms with Gasteiger partial charge in [0.25, 0.3) is 0 Å². The number of aliphatic hydroxyl groups is 1. The molecule has 0 aromatic carbocycles. The standard InChI is InChI=1S/C16H29NO6/c1-10(2)9-12(18)14(20)17-11(15(21)22-6)7-8-13(19)23-16(3,4)5/h10-12,18H,7-9H2,1-6H3,(H,17,20)/t11-,12-/m1/s1. The first-order chi connectivity index (χ1) is 10.5. The zero-order valence-electron chi connectivity index (χ0n) is 14.8. The molecule has 0 bridgehead atoms. The highest BCUT2D eigenvalue weighted by atomic mass is 16.6. The van der Waals surface area contributed by atoms with Crippen LogP contribution in [0.3, 0.4) is 0 Å². The van der Waals surface area contributed by atoms with Crippen LogP contribution in [0.15, 0.2) is 0 Å². The van der Waals surface area contributed by atoms with Crippen molar-refractivity contribution >= 4 is 17.8 Å². The van der Waals surface area contributed by atoms with Crippen molar-refractivity contribution in [3.05, 3.63) is 0 Å². The summed E-state index contributed by atoms with van der Waals surface area (Å²) in [4.78, 5) is 35.3. The zero-order valence-corrected chi connectivity index (χ0v) is 14.8. The Kier molecular flexibility index (Phi) is 8.82. The first kappa shape index (κ1) is 21.4. The molecule has 0 radical (unpaired) electrons. The predicted octanol–water partition coefficient (Wildman–Crippen LogP) is 1.17. The fourth-order valence-electron chi connectivity index (χ4n) is 1.87. The van der Waals surface area contributed by atoms with E-state index in [4.69, 9.17) is 4.74 Å². The third kappa shape index (κ3) is 9.89. The molecule has 0 saturated carbocycles. The first-order valence-electron chi connectivity index (χ1n) is 7.74. The highest BCUT2D eigenvalue weighted by molar-refractivity contribution is 5.87. The second-order valence-corrected chi connectivity index (χ2v) is 6.85. The van der Waals surface area contributed by atoms with Crippen molar-refractivity contribution in [2.24, 2.45) is 5.92 Å². The van der Waals surface area contributed by atoms with E-state index < -0.39 is 35.6 Å². The molecule has 0 aliphatic carbocycles. The molecule has 0 aromatic heterocycles. The molecule has 0 heterocycles. The summed E-state index contributed by atoms with van der Waals surface area (Å²) in [6.07, 6.45) is -0.922. The summed E-state index contributed by atoms with van der Waals surface area (Å²) in [6, 6.07) is -0.998. The lowest BCUT2D eigenvalue weighted by Crippen LogP contribution is -2.46. The van der Waals surface area contributed by atoms with Crippen LogP contribution in [0, 0.1) is 5.92 Å². The average molecular weight is 331 g/mol. The molecule has 0 unspecified atom stereocenters. The quantitative estimate of drug-likeness (QED) is 0.647. The summed E-state index contributed by atoms with van der Waals surface area (Å²) in [7, 11) is 1.19. The third-order valence-electron chi connectivity index (χ3n) is 2.86. The van der Waals surface area contributed by atoms with Crippen molar-refractivity contribution in [3.8, 4) is 0 Å². The van der Waals surface area contributed by atoms with Crippen molar-refractivity contribution in [2.45, 2.75) is 71.6 Å². The van der Waals surface area contributed by atoms with E-state index in [0.29, 0.717) is 0 Å². The molecule has 2 N–H and O–H groups in total. The first-order valence-corrected chi connectivity index (χ1v) is 7.74. The van der Waals surface area contributed by atoms with E-state index in [0.717, 1.165) is 0 Å². The minimum Gasteiger partial charge on any atom is -0.467 e. The van der Waals surface area contributed by atoms with E-state index in [1.807, 2.05) is 13.8 Å². The van der Waals surface area contributed by atoms with Crippen LogP contribution >= 0.6 is 0 Å². The largest absolute Gasteiger partial charge is 0.467 e. The Hall–Kier alpha value is -1.63. The van der Waals surface area contributed by atoms with E-state index in [-0.39, 0.29) is 25.2 Å². The Morgan fingerprint density at radius 2 is 1.74 bits per heavy atom. The van der Waals surface area contributed by atoms with Gasteiger partial charge in [0.2, 0.25) is 5.91 Å². The van der Waals surface area contributed by atoms with Gasteiger partial charge >= 0.3 is 11.9 Å². The normalized spacial score (nSPS) is 14.1. The van der Waals surface area contributed by atoms with Gasteiger partial charge in [-0.15, -0.1) is 0 Å². The monoisotopic (exact) mass is 331 g/mol. The van der Waals surface area contributed by atoms with E-state index >= 15 is 0 Å². The average Bonchev–Trinajstić information content (AvgIpc) is 2.39. The summed E-state index contributed by atoms with van der Waals surface area (Å²) in [6.45, 7) is 8.97. The maximum atomic E-state index is 11.9. The molecule has 0 aliphatic heterocycles. The number of esters is 2. The number of hydrogen-bond acceptors (Lipinski definition) is 6. The zero-order chi connectivity index (χ0) is 18.2. The van der Waals surface area contributed by atoms with Crippen molar-refractivity contribution < 1.29 is 29.0 Å². The van der Waals surface area contributed by atoms with Crippen LogP contribution in [-0.4, -0.2) is 47.8 Å². The van der Waals surface area contributed by atoms with Crippen LogP contribution < -0.4 is 5.32 Å². The molecule has 1 amide bonds. The van der Waals surface area contributed by atoms with Gasteiger partial charge < -0.3 is 19.9 Å². The molecule has 7 heteroatoms. The highest BCUT2D eigenvalue weighted by Gasteiger charge is 2.27. The van der Waals surface area contributed by atoms with Crippen LogP contribution in [0.5, 0.6) is 0 Å². The van der Waals surface area contributed by atoms with Crippen molar-refractivity contribution in [1.29, 1.82) is 0 Å².